The summed E-state index contributed by atoms with van der Waals surface area (Å²) in [5, 5.41) is 4.21. The van der Waals surface area contributed by atoms with E-state index in [1.165, 1.54) is 0 Å². The fraction of sp³-hybridized carbons (Fsp3) is 0.167. The molecule has 3 heteroatoms. The summed E-state index contributed by atoms with van der Waals surface area (Å²) in [5.74, 6) is 0.676. The Kier molecular flexibility index (Phi) is 2.93. The Bertz CT molecular complexity index is 465. The van der Waals surface area contributed by atoms with Gasteiger partial charge in [0.1, 0.15) is 0 Å². The smallest absolute Gasteiger partial charge is 0.223 e. The number of hydrogen-bond donors (Lipinski definition) is 1. The van der Waals surface area contributed by atoms with Gasteiger partial charge < -0.3 is 5.32 Å². The molecule has 0 amide bonds. The third-order valence-corrected chi connectivity index (χ3v) is 2.12. The number of para-hydroxylation sites is 1. The molecule has 0 aliphatic heterocycles. The zero-order valence-corrected chi connectivity index (χ0v) is 8.48. The van der Waals surface area contributed by atoms with Crippen LogP contribution < -0.4 is 5.32 Å². The molecule has 1 aromatic heterocycles. The normalized spacial score (nSPS) is 10.1. The summed E-state index contributed by atoms with van der Waals surface area (Å²) in [6.45, 7) is 4.48. The van der Waals surface area contributed by atoms with Gasteiger partial charge >= 0.3 is 0 Å². The van der Waals surface area contributed by atoms with Crippen molar-refractivity contribution in [3.05, 3.63) is 43.1 Å². The van der Waals surface area contributed by atoms with Gasteiger partial charge in [0.25, 0.3) is 0 Å². The Morgan fingerprint density at radius 1 is 1.33 bits per heavy atom. The molecular formula is C12H13N3. The van der Waals surface area contributed by atoms with Crippen molar-refractivity contribution in [3.63, 3.8) is 0 Å². The van der Waals surface area contributed by atoms with Crippen LogP contribution in [0.4, 0.5) is 5.95 Å². The van der Waals surface area contributed by atoms with Gasteiger partial charge in [0, 0.05) is 18.1 Å². The van der Waals surface area contributed by atoms with Gasteiger partial charge in [-0.2, -0.15) is 0 Å². The highest BCUT2D eigenvalue weighted by atomic mass is 15.1. The number of rotatable bonds is 4. The topological polar surface area (TPSA) is 37.8 Å². The maximum atomic E-state index is 4.39. The quantitative estimate of drug-likeness (QED) is 0.607. The Labute approximate surface area is 88.9 Å². The maximum absolute atomic E-state index is 4.39. The predicted octanol–water partition coefficient (Wildman–Crippen LogP) is 2.62. The molecule has 2 rings (SSSR count). The summed E-state index contributed by atoms with van der Waals surface area (Å²) in [5.41, 5.74) is 0.966. The molecule has 76 valence electrons. The van der Waals surface area contributed by atoms with Crippen LogP contribution in [-0.4, -0.2) is 16.5 Å². The highest BCUT2D eigenvalue weighted by molar-refractivity contribution is 5.78. The molecule has 0 unspecified atom stereocenters. The highest BCUT2D eigenvalue weighted by Crippen LogP contribution is 2.11. The summed E-state index contributed by atoms with van der Waals surface area (Å²) in [4.78, 5) is 8.61. The summed E-state index contributed by atoms with van der Waals surface area (Å²) in [6, 6.07) is 7.94. The molecule has 0 radical (unpaired) electrons. The molecule has 15 heavy (non-hydrogen) atoms. The number of nitrogens with one attached hydrogen (secondary N) is 1. The minimum atomic E-state index is 0.676. The largest absolute Gasteiger partial charge is 0.354 e. The summed E-state index contributed by atoms with van der Waals surface area (Å²) < 4.78 is 0. The monoisotopic (exact) mass is 199 g/mol. The van der Waals surface area contributed by atoms with Crippen molar-refractivity contribution in [1.82, 2.24) is 9.97 Å². The summed E-state index contributed by atoms with van der Waals surface area (Å²) in [7, 11) is 0. The lowest BCUT2D eigenvalue weighted by molar-refractivity contribution is 1.03. The number of fused-ring (bicyclic) bond motifs is 1. The average Bonchev–Trinajstić information content (AvgIpc) is 2.29. The first-order valence-corrected chi connectivity index (χ1v) is 4.97. The van der Waals surface area contributed by atoms with Crippen molar-refractivity contribution < 1.29 is 0 Å². The van der Waals surface area contributed by atoms with E-state index < -0.39 is 0 Å². The van der Waals surface area contributed by atoms with Gasteiger partial charge in [-0.15, -0.1) is 6.58 Å². The molecule has 0 saturated heterocycles. The molecule has 0 fully saturated rings. The number of anilines is 1. The van der Waals surface area contributed by atoms with Crippen LogP contribution in [-0.2, 0) is 0 Å². The van der Waals surface area contributed by atoms with E-state index in [4.69, 9.17) is 0 Å². The van der Waals surface area contributed by atoms with E-state index in [9.17, 15) is 0 Å². The van der Waals surface area contributed by atoms with E-state index >= 15 is 0 Å². The Morgan fingerprint density at radius 2 is 2.20 bits per heavy atom. The van der Waals surface area contributed by atoms with Gasteiger partial charge in [0.15, 0.2) is 0 Å². The van der Waals surface area contributed by atoms with Crippen LogP contribution in [0.25, 0.3) is 10.9 Å². The van der Waals surface area contributed by atoms with Gasteiger partial charge in [-0.25, -0.2) is 9.97 Å². The van der Waals surface area contributed by atoms with Crippen molar-refractivity contribution >= 4 is 16.9 Å². The van der Waals surface area contributed by atoms with Crippen LogP contribution in [0.5, 0.6) is 0 Å². The van der Waals surface area contributed by atoms with Crippen LogP contribution in [0.1, 0.15) is 6.42 Å². The SMILES string of the molecule is C=CCCNc1ncc2ccccc2n1. The predicted molar refractivity (Wildman–Crippen MR) is 62.8 cm³/mol. The van der Waals surface area contributed by atoms with Crippen LogP contribution in [0.2, 0.25) is 0 Å². The highest BCUT2D eigenvalue weighted by Gasteiger charge is 1.97. The number of hydrogen-bond acceptors (Lipinski definition) is 3. The molecule has 0 aliphatic carbocycles. The zero-order valence-electron chi connectivity index (χ0n) is 8.48. The van der Waals surface area contributed by atoms with Crippen LogP contribution in [0, 0.1) is 0 Å². The standard InChI is InChI=1S/C12H13N3/c1-2-3-8-13-12-14-9-10-6-4-5-7-11(10)15-12/h2,4-7,9H,1,3,8H2,(H,13,14,15). The zero-order chi connectivity index (χ0) is 10.5. The second-order valence-electron chi connectivity index (χ2n) is 3.26. The van der Waals surface area contributed by atoms with Gasteiger partial charge in [-0.1, -0.05) is 24.3 Å². The van der Waals surface area contributed by atoms with E-state index in [1.807, 2.05) is 36.5 Å². The van der Waals surface area contributed by atoms with E-state index in [-0.39, 0.29) is 0 Å². The minimum Gasteiger partial charge on any atom is -0.354 e. The van der Waals surface area contributed by atoms with Gasteiger partial charge in [0.2, 0.25) is 5.95 Å². The second-order valence-corrected chi connectivity index (χ2v) is 3.26. The van der Waals surface area contributed by atoms with E-state index in [2.05, 4.69) is 21.9 Å². The second kappa shape index (κ2) is 4.55. The molecule has 0 atom stereocenters. The van der Waals surface area contributed by atoms with E-state index in [0.29, 0.717) is 5.95 Å². The Hall–Kier alpha value is -1.90. The van der Waals surface area contributed by atoms with E-state index in [0.717, 1.165) is 23.9 Å². The molecule has 1 N–H and O–H groups in total. The fourth-order valence-corrected chi connectivity index (χ4v) is 1.34. The third kappa shape index (κ3) is 2.31. The lowest BCUT2D eigenvalue weighted by Crippen LogP contribution is -2.04. The minimum absolute atomic E-state index is 0.676. The molecule has 2 aromatic rings. The molecule has 0 aliphatic rings. The number of benzene rings is 1. The van der Waals surface area contributed by atoms with Gasteiger partial charge in [-0.3, -0.25) is 0 Å². The molecular weight excluding hydrogens is 186 g/mol. The Morgan fingerprint density at radius 3 is 3.07 bits per heavy atom. The molecule has 0 spiro atoms. The van der Waals surface area contributed by atoms with E-state index in [1.54, 1.807) is 0 Å². The number of aromatic nitrogens is 2. The first-order valence-electron chi connectivity index (χ1n) is 4.97. The lowest BCUT2D eigenvalue weighted by Gasteiger charge is -2.03. The summed E-state index contributed by atoms with van der Waals surface area (Å²) in [6.07, 6.45) is 4.61. The van der Waals surface area contributed by atoms with Crippen molar-refractivity contribution in [1.29, 1.82) is 0 Å². The van der Waals surface area contributed by atoms with Gasteiger partial charge in [0.05, 0.1) is 5.52 Å². The molecule has 0 bridgehead atoms. The molecule has 3 nitrogen and oxygen atoms in total. The lowest BCUT2D eigenvalue weighted by atomic mass is 10.2. The average molecular weight is 199 g/mol. The van der Waals surface area contributed by atoms with Crippen molar-refractivity contribution in [2.75, 3.05) is 11.9 Å². The molecule has 1 aromatic carbocycles. The van der Waals surface area contributed by atoms with Crippen LogP contribution >= 0.6 is 0 Å². The Balaban J connectivity index is 2.19. The number of nitrogens with zero attached hydrogens (tertiary/aromatic N) is 2. The first kappa shape index (κ1) is 9.65. The van der Waals surface area contributed by atoms with Gasteiger partial charge in [-0.05, 0) is 12.5 Å². The van der Waals surface area contributed by atoms with Crippen molar-refractivity contribution in [3.8, 4) is 0 Å². The molecule has 1 heterocycles. The van der Waals surface area contributed by atoms with Crippen LogP contribution in [0.3, 0.4) is 0 Å². The van der Waals surface area contributed by atoms with Crippen molar-refractivity contribution in [2.45, 2.75) is 6.42 Å². The fourth-order valence-electron chi connectivity index (χ4n) is 1.34. The first-order chi connectivity index (χ1) is 7.40. The molecule has 0 saturated carbocycles. The van der Waals surface area contributed by atoms with Crippen LogP contribution in [0.15, 0.2) is 43.1 Å². The third-order valence-electron chi connectivity index (χ3n) is 2.12. The summed E-state index contributed by atoms with van der Waals surface area (Å²) >= 11 is 0. The van der Waals surface area contributed by atoms with Crippen molar-refractivity contribution in [2.24, 2.45) is 0 Å². The maximum Gasteiger partial charge on any atom is 0.223 e.